The standard InChI is InChI=1S/C34H39F/c1-3-5-7-26-9-13-28(14-10-26)17-18-30-20-24-33-32(25-30)23-22-31(34(33)35)21-19-29-15-11-27(12-16-29)8-6-4-2/h3,11-12,15-16,20,22-26,28H,1,4-10,13-14,17-18H2,2H3. The topological polar surface area (TPSA) is 0 Å². The quantitative estimate of drug-likeness (QED) is 0.218. The maximum absolute atomic E-state index is 15.2. The van der Waals surface area contributed by atoms with Gasteiger partial charge in [0.25, 0.3) is 0 Å². The molecule has 182 valence electrons. The summed E-state index contributed by atoms with van der Waals surface area (Å²) in [5.41, 5.74) is 4.04. The number of hydrogen-bond donors (Lipinski definition) is 0. The van der Waals surface area contributed by atoms with Gasteiger partial charge < -0.3 is 0 Å². The van der Waals surface area contributed by atoms with E-state index in [1.165, 1.54) is 62.5 Å². The number of benzene rings is 3. The van der Waals surface area contributed by atoms with Gasteiger partial charge >= 0.3 is 0 Å². The summed E-state index contributed by atoms with van der Waals surface area (Å²) < 4.78 is 15.2. The van der Waals surface area contributed by atoms with Crippen LogP contribution in [0.15, 0.2) is 67.3 Å². The Labute approximate surface area is 211 Å². The number of aryl methyl sites for hydroxylation is 2. The lowest BCUT2D eigenvalue weighted by molar-refractivity contribution is 0.254. The van der Waals surface area contributed by atoms with Crippen molar-refractivity contribution in [2.24, 2.45) is 11.8 Å². The van der Waals surface area contributed by atoms with E-state index in [2.05, 4.69) is 55.7 Å². The summed E-state index contributed by atoms with van der Waals surface area (Å²) >= 11 is 0. The van der Waals surface area contributed by atoms with Crippen LogP contribution in [0.2, 0.25) is 0 Å². The zero-order valence-electron chi connectivity index (χ0n) is 21.3. The van der Waals surface area contributed by atoms with Crippen molar-refractivity contribution in [1.29, 1.82) is 0 Å². The highest BCUT2D eigenvalue weighted by atomic mass is 19.1. The summed E-state index contributed by atoms with van der Waals surface area (Å²) in [6.45, 7) is 6.06. The summed E-state index contributed by atoms with van der Waals surface area (Å²) in [5.74, 6) is 7.71. The number of rotatable bonds is 9. The molecule has 0 spiro atoms. The van der Waals surface area contributed by atoms with Gasteiger partial charge in [0.15, 0.2) is 0 Å². The predicted octanol–water partition coefficient (Wildman–Crippen LogP) is 9.43. The highest BCUT2D eigenvalue weighted by Crippen LogP contribution is 2.34. The molecule has 0 N–H and O–H groups in total. The zero-order valence-corrected chi connectivity index (χ0v) is 21.3. The van der Waals surface area contributed by atoms with E-state index in [9.17, 15) is 0 Å². The molecule has 1 fully saturated rings. The molecule has 0 amide bonds. The van der Waals surface area contributed by atoms with E-state index in [-0.39, 0.29) is 5.82 Å². The highest BCUT2D eigenvalue weighted by molar-refractivity contribution is 5.85. The Balaban J connectivity index is 1.36. The molecule has 3 aromatic carbocycles. The Morgan fingerprint density at radius 1 is 0.857 bits per heavy atom. The Kier molecular flexibility index (Phi) is 9.19. The molecule has 0 aromatic heterocycles. The third-order valence-electron chi connectivity index (χ3n) is 7.72. The van der Waals surface area contributed by atoms with Gasteiger partial charge in [-0.2, -0.15) is 0 Å². The molecule has 0 aliphatic heterocycles. The van der Waals surface area contributed by atoms with Gasteiger partial charge in [-0.3, -0.25) is 0 Å². The molecule has 35 heavy (non-hydrogen) atoms. The van der Waals surface area contributed by atoms with Crippen LogP contribution >= 0.6 is 0 Å². The molecule has 0 radical (unpaired) electrons. The van der Waals surface area contributed by atoms with E-state index >= 15 is 4.39 Å². The second-order valence-corrected chi connectivity index (χ2v) is 10.3. The molecule has 1 aliphatic rings. The van der Waals surface area contributed by atoms with Crippen LogP contribution in [0.3, 0.4) is 0 Å². The fourth-order valence-corrected chi connectivity index (χ4v) is 5.40. The van der Waals surface area contributed by atoms with Crippen molar-refractivity contribution in [3.63, 3.8) is 0 Å². The van der Waals surface area contributed by atoms with Gasteiger partial charge in [-0.1, -0.05) is 93.3 Å². The average molecular weight is 467 g/mol. The molecule has 1 aliphatic carbocycles. The number of halogens is 1. The fourth-order valence-electron chi connectivity index (χ4n) is 5.40. The number of unbranched alkanes of at least 4 members (excludes halogenated alkanes) is 1. The second-order valence-electron chi connectivity index (χ2n) is 10.3. The molecular weight excluding hydrogens is 427 g/mol. The Morgan fingerprint density at radius 2 is 1.57 bits per heavy atom. The van der Waals surface area contributed by atoms with Gasteiger partial charge in [-0.05, 0) is 85.1 Å². The van der Waals surface area contributed by atoms with Crippen molar-refractivity contribution in [3.8, 4) is 11.8 Å². The first-order valence-corrected chi connectivity index (χ1v) is 13.6. The molecule has 3 aromatic rings. The lowest BCUT2D eigenvalue weighted by Crippen LogP contribution is -2.15. The first kappa shape index (κ1) is 25.2. The fraction of sp³-hybridized carbons (Fsp3) is 0.412. The maximum atomic E-state index is 15.2. The van der Waals surface area contributed by atoms with Crippen LogP contribution in [-0.4, -0.2) is 0 Å². The van der Waals surface area contributed by atoms with Crippen LogP contribution in [-0.2, 0) is 12.8 Å². The largest absolute Gasteiger partial charge is 0.205 e. The first-order valence-electron chi connectivity index (χ1n) is 13.6. The second kappa shape index (κ2) is 12.7. The maximum Gasteiger partial charge on any atom is 0.146 e. The van der Waals surface area contributed by atoms with Gasteiger partial charge in [-0.25, -0.2) is 4.39 Å². The first-order chi connectivity index (χ1) is 17.2. The summed E-state index contributed by atoms with van der Waals surface area (Å²) in [6, 6.07) is 18.4. The minimum Gasteiger partial charge on any atom is -0.205 e. The molecule has 0 nitrogen and oxygen atoms in total. The number of fused-ring (bicyclic) bond motifs is 1. The van der Waals surface area contributed by atoms with Crippen LogP contribution in [0.1, 0.15) is 87.0 Å². The SMILES string of the molecule is C=CCCC1CCC(CCc2ccc3c(F)c(C#Cc4ccc(CCCC)cc4)ccc3c2)CC1. The van der Waals surface area contributed by atoms with Crippen molar-refractivity contribution in [1.82, 2.24) is 0 Å². The van der Waals surface area contributed by atoms with Crippen LogP contribution in [0.5, 0.6) is 0 Å². The molecule has 4 rings (SSSR count). The van der Waals surface area contributed by atoms with E-state index in [4.69, 9.17) is 0 Å². The van der Waals surface area contributed by atoms with Crippen molar-refractivity contribution >= 4 is 10.8 Å². The van der Waals surface area contributed by atoms with Crippen LogP contribution < -0.4 is 0 Å². The molecule has 0 atom stereocenters. The van der Waals surface area contributed by atoms with Crippen molar-refractivity contribution in [2.45, 2.75) is 77.6 Å². The molecular formula is C34H39F. The van der Waals surface area contributed by atoms with Crippen molar-refractivity contribution in [2.75, 3.05) is 0 Å². The van der Waals surface area contributed by atoms with E-state index in [1.807, 2.05) is 30.3 Å². The smallest absolute Gasteiger partial charge is 0.146 e. The minimum absolute atomic E-state index is 0.209. The van der Waals surface area contributed by atoms with E-state index in [1.54, 1.807) is 0 Å². The monoisotopic (exact) mass is 466 g/mol. The van der Waals surface area contributed by atoms with Gasteiger partial charge in [-0.15, -0.1) is 6.58 Å². The Hall–Kier alpha value is -2.85. The van der Waals surface area contributed by atoms with Crippen LogP contribution in [0.25, 0.3) is 10.8 Å². The van der Waals surface area contributed by atoms with Crippen LogP contribution in [0, 0.1) is 29.5 Å². The number of hydrogen-bond acceptors (Lipinski definition) is 0. The van der Waals surface area contributed by atoms with Crippen molar-refractivity contribution < 1.29 is 4.39 Å². The Bertz CT molecular complexity index is 1170. The van der Waals surface area contributed by atoms with E-state index in [0.29, 0.717) is 10.9 Å². The molecule has 1 saturated carbocycles. The molecule has 0 heterocycles. The highest BCUT2D eigenvalue weighted by Gasteiger charge is 2.20. The van der Waals surface area contributed by atoms with Gasteiger partial charge in [0.2, 0.25) is 0 Å². The normalized spacial score (nSPS) is 17.7. The third kappa shape index (κ3) is 7.08. The van der Waals surface area contributed by atoms with Crippen LogP contribution in [0.4, 0.5) is 4.39 Å². The summed E-state index contributed by atoms with van der Waals surface area (Å²) in [4.78, 5) is 0. The molecule has 0 unspecified atom stereocenters. The molecule has 0 bridgehead atoms. The zero-order chi connectivity index (χ0) is 24.5. The Morgan fingerprint density at radius 3 is 2.29 bits per heavy atom. The van der Waals surface area contributed by atoms with Crippen molar-refractivity contribution in [3.05, 3.63) is 95.3 Å². The summed E-state index contributed by atoms with van der Waals surface area (Å²) in [6.07, 6.45) is 15.8. The van der Waals surface area contributed by atoms with Gasteiger partial charge in [0.05, 0.1) is 5.56 Å². The van der Waals surface area contributed by atoms with E-state index in [0.717, 1.165) is 42.0 Å². The predicted molar refractivity (Wildman–Crippen MR) is 148 cm³/mol. The minimum atomic E-state index is -0.209. The number of allylic oxidation sites excluding steroid dienone is 1. The summed E-state index contributed by atoms with van der Waals surface area (Å²) in [5, 5.41) is 1.64. The molecule has 0 saturated heterocycles. The van der Waals surface area contributed by atoms with Gasteiger partial charge in [0, 0.05) is 10.9 Å². The molecule has 1 heteroatoms. The third-order valence-corrected chi connectivity index (χ3v) is 7.72. The average Bonchev–Trinajstić information content (AvgIpc) is 2.90. The van der Waals surface area contributed by atoms with Gasteiger partial charge in [0.1, 0.15) is 5.82 Å². The lowest BCUT2D eigenvalue weighted by Gasteiger charge is -2.28. The summed E-state index contributed by atoms with van der Waals surface area (Å²) in [7, 11) is 0. The lowest BCUT2D eigenvalue weighted by atomic mass is 9.78. The van der Waals surface area contributed by atoms with E-state index < -0.39 is 0 Å².